The van der Waals surface area contributed by atoms with Crippen LogP contribution in [0.15, 0.2) is 95.9 Å². The number of hydrogen-bond acceptors (Lipinski definition) is 4. The first-order valence-electron chi connectivity index (χ1n) is 14.6. The van der Waals surface area contributed by atoms with Gasteiger partial charge in [-0.1, -0.05) is 85.3 Å². The highest BCUT2D eigenvalue weighted by atomic mass is 35.5. The van der Waals surface area contributed by atoms with Crippen LogP contribution in [0.3, 0.4) is 0 Å². The predicted molar refractivity (Wildman–Crippen MR) is 172 cm³/mol. The van der Waals surface area contributed by atoms with Crippen molar-refractivity contribution in [2.24, 2.45) is 0 Å². The molecule has 9 heteroatoms. The van der Waals surface area contributed by atoms with Gasteiger partial charge in [-0.2, -0.15) is 0 Å². The number of carbonyl (C=O) groups is 2. The fourth-order valence-corrected chi connectivity index (χ4v) is 7.51. The van der Waals surface area contributed by atoms with Crippen LogP contribution >= 0.6 is 11.6 Å². The highest BCUT2D eigenvalue weighted by molar-refractivity contribution is 7.93. The van der Waals surface area contributed by atoms with Crippen molar-refractivity contribution in [2.45, 2.75) is 63.1 Å². The third-order valence-electron chi connectivity index (χ3n) is 7.95. The second-order valence-electron chi connectivity index (χ2n) is 11.0. The van der Waals surface area contributed by atoms with Gasteiger partial charge in [-0.3, -0.25) is 13.9 Å². The number of anilines is 1. The maximum absolute atomic E-state index is 14.0. The van der Waals surface area contributed by atoms with Gasteiger partial charge in [0.2, 0.25) is 11.8 Å². The molecule has 1 N–H and O–H groups in total. The predicted octanol–water partition coefficient (Wildman–Crippen LogP) is 6.34. The summed E-state index contributed by atoms with van der Waals surface area (Å²) < 4.78 is 28.3. The lowest BCUT2D eigenvalue weighted by Gasteiger charge is -2.32. The van der Waals surface area contributed by atoms with E-state index in [4.69, 9.17) is 11.6 Å². The van der Waals surface area contributed by atoms with E-state index in [1.165, 1.54) is 4.31 Å². The zero-order chi connectivity index (χ0) is 30.6. The maximum atomic E-state index is 14.0. The van der Waals surface area contributed by atoms with E-state index in [1.54, 1.807) is 35.2 Å². The molecule has 1 heterocycles. The van der Waals surface area contributed by atoms with Crippen molar-refractivity contribution in [2.75, 3.05) is 10.8 Å². The molecule has 4 aromatic rings. The molecular weight excluding hydrogens is 582 g/mol. The Morgan fingerprint density at radius 1 is 0.930 bits per heavy atom. The summed E-state index contributed by atoms with van der Waals surface area (Å²) in [5, 5.41) is 5.19. The van der Waals surface area contributed by atoms with E-state index in [0.29, 0.717) is 33.8 Å². The van der Waals surface area contributed by atoms with Gasteiger partial charge in [0.1, 0.15) is 6.04 Å². The first-order chi connectivity index (χ1) is 20.7. The summed E-state index contributed by atoms with van der Waals surface area (Å²) in [6, 6.07) is 26.9. The van der Waals surface area contributed by atoms with Gasteiger partial charge in [-0.15, -0.1) is 0 Å². The molecule has 0 saturated carbocycles. The average molecular weight is 618 g/mol. The molecule has 7 nitrogen and oxygen atoms in total. The van der Waals surface area contributed by atoms with Gasteiger partial charge in [0.15, 0.2) is 0 Å². The normalized spacial score (nSPS) is 14.8. The topological polar surface area (TPSA) is 86.8 Å². The summed E-state index contributed by atoms with van der Waals surface area (Å²) in [6.07, 6.45) is 1.46. The molecule has 0 radical (unpaired) electrons. The van der Waals surface area contributed by atoms with Gasteiger partial charge in [0.25, 0.3) is 10.0 Å². The van der Waals surface area contributed by atoms with Crippen LogP contribution in [0, 0.1) is 0 Å². The molecule has 0 bridgehead atoms. The van der Waals surface area contributed by atoms with Crippen LogP contribution in [-0.4, -0.2) is 43.8 Å². The molecule has 0 unspecified atom stereocenters. The monoisotopic (exact) mass is 617 g/mol. The van der Waals surface area contributed by atoms with E-state index in [1.807, 2.05) is 74.5 Å². The maximum Gasteiger partial charge on any atom is 0.265 e. The molecule has 43 heavy (non-hydrogen) atoms. The Balaban J connectivity index is 1.40. The van der Waals surface area contributed by atoms with Gasteiger partial charge in [0, 0.05) is 42.4 Å². The highest BCUT2D eigenvalue weighted by Crippen LogP contribution is 2.42. The molecule has 1 aliphatic heterocycles. The molecule has 1 aliphatic rings. The lowest BCUT2D eigenvalue weighted by molar-refractivity contribution is -0.141. The standard InChI is InChI=1S/C34H36ClN3O4S/c1-3-24(2)36-34(40)30(22-25-11-5-4-6-12-25)37(23-26-13-7-16-28(35)21-26)32(39)19-10-20-38-29-17-8-14-27-15-9-18-31(33(27)29)43(38,41)42/h4-9,11-18,21,24,30H,3,10,19-20,22-23H2,1-2H3,(H,36,40)/t24-,30+/m1/s1. The lowest BCUT2D eigenvalue weighted by atomic mass is 10.0. The van der Waals surface area contributed by atoms with Crippen LogP contribution in [0.1, 0.15) is 44.2 Å². The number of halogens is 1. The van der Waals surface area contributed by atoms with Crippen molar-refractivity contribution in [1.82, 2.24) is 10.2 Å². The molecule has 2 atom stereocenters. The first-order valence-corrected chi connectivity index (χ1v) is 16.4. The van der Waals surface area contributed by atoms with Crippen molar-refractivity contribution in [3.05, 3.63) is 107 Å². The second-order valence-corrected chi connectivity index (χ2v) is 13.3. The number of nitrogens with one attached hydrogen (secondary N) is 1. The fraction of sp³-hybridized carbons (Fsp3) is 0.294. The van der Waals surface area contributed by atoms with E-state index < -0.39 is 16.1 Å². The van der Waals surface area contributed by atoms with E-state index in [-0.39, 0.29) is 37.4 Å². The van der Waals surface area contributed by atoms with Crippen LogP contribution in [0.5, 0.6) is 0 Å². The Labute approximate surface area is 258 Å². The minimum atomic E-state index is -3.73. The molecule has 0 aliphatic carbocycles. The number of carbonyl (C=O) groups excluding carboxylic acids is 2. The molecule has 224 valence electrons. The molecule has 0 fully saturated rings. The number of benzene rings is 4. The quantitative estimate of drug-likeness (QED) is 0.201. The average Bonchev–Trinajstić information content (AvgIpc) is 3.22. The lowest BCUT2D eigenvalue weighted by Crippen LogP contribution is -2.52. The Morgan fingerprint density at radius 3 is 2.35 bits per heavy atom. The SMILES string of the molecule is CC[C@@H](C)NC(=O)[C@H](Cc1ccccc1)N(Cc1cccc(Cl)c1)C(=O)CCCN1c2cccc3cccc(c23)S1(=O)=O. The number of amides is 2. The van der Waals surface area contributed by atoms with Gasteiger partial charge < -0.3 is 10.2 Å². The van der Waals surface area contributed by atoms with Crippen molar-refractivity contribution < 1.29 is 18.0 Å². The zero-order valence-corrected chi connectivity index (χ0v) is 25.9. The van der Waals surface area contributed by atoms with E-state index in [9.17, 15) is 18.0 Å². The molecule has 0 aromatic heterocycles. The summed E-state index contributed by atoms with van der Waals surface area (Å²) in [7, 11) is -3.73. The first kappa shape index (κ1) is 30.6. The van der Waals surface area contributed by atoms with E-state index in [0.717, 1.165) is 22.9 Å². The van der Waals surface area contributed by atoms with E-state index >= 15 is 0 Å². The Bertz CT molecular complexity index is 1720. The Morgan fingerprint density at radius 2 is 1.63 bits per heavy atom. The van der Waals surface area contributed by atoms with Gasteiger partial charge >= 0.3 is 0 Å². The summed E-state index contributed by atoms with van der Waals surface area (Å²) in [6.45, 7) is 4.28. The van der Waals surface area contributed by atoms with Crippen LogP contribution in [0.25, 0.3) is 10.8 Å². The molecule has 5 rings (SSSR count). The number of nitrogens with zero attached hydrogens (tertiary/aromatic N) is 2. The van der Waals surface area contributed by atoms with Crippen LogP contribution in [0.4, 0.5) is 5.69 Å². The Kier molecular flexibility index (Phi) is 9.37. The number of hydrogen-bond donors (Lipinski definition) is 1. The van der Waals surface area contributed by atoms with Crippen LogP contribution in [-0.2, 0) is 32.6 Å². The van der Waals surface area contributed by atoms with E-state index in [2.05, 4.69) is 5.32 Å². The van der Waals surface area contributed by atoms with Crippen molar-refractivity contribution in [1.29, 1.82) is 0 Å². The number of rotatable bonds is 12. The van der Waals surface area contributed by atoms with Crippen LogP contribution in [0.2, 0.25) is 5.02 Å². The van der Waals surface area contributed by atoms with Gasteiger partial charge in [-0.25, -0.2) is 8.42 Å². The number of sulfonamides is 1. The fourth-order valence-electron chi connectivity index (χ4n) is 5.54. The minimum absolute atomic E-state index is 0.0568. The zero-order valence-electron chi connectivity index (χ0n) is 24.4. The largest absolute Gasteiger partial charge is 0.352 e. The smallest absolute Gasteiger partial charge is 0.265 e. The van der Waals surface area contributed by atoms with Crippen molar-refractivity contribution in [3.8, 4) is 0 Å². The third kappa shape index (κ3) is 6.71. The third-order valence-corrected chi connectivity index (χ3v) is 10.0. The minimum Gasteiger partial charge on any atom is -0.352 e. The van der Waals surface area contributed by atoms with Crippen LogP contribution < -0.4 is 9.62 Å². The second kappa shape index (κ2) is 13.2. The van der Waals surface area contributed by atoms with Crippen molar-refractivity contribution >= 4 is 49.9 Å². The molecule has 2 amide bonds. The van der Waals surface area contributed by atoms with Gasteiger partial charge in [-0.05, 0) is 60.5 Å². The molecule has 0 saturated heterocycles. The summed E-state index contributed by atoms with van der Waals surface area (Å²) >= 11 is 6.28. The summed E-state index contributed by atoms with van der Waals surface area (Å²) in [5.74, 6) is -0.453. The molecular formula is C34H36ClN3O4S. The molecule has 0 spiro atoms. The highest BCUT2D eigenvalue weighted by Gasteiger charge is 2.36. The van der Waals surface area contributed by atoms with Crippen molar-refractivity contribution in [3.63, 3.8) is 0 Å². The molecule has 4 aromatic carbocycles. The Hall–Kier alpha value is -3.88. The van der Waals surface area contributed by atoms with Gasteiger partial charge in [0.05, 0.1) is 10.6 Å². The summed E-state index contributed by atoms with van der Waals surface area (Å²) in [5.41, 5.74) is 2.37. The summed E-state index contributed by atoms with van der Waals surface area (Å²) in [4.78, 5) is 29.6.